The molecule has 0 fully saturated rings. The van der Waals surface area contributed by atoms with Crippen molar-refractivity contribution in [1.29, 1.82) is 0 Å². The van der Waals surface area contributed by atoms with Gasteiger partial charge in [0.2, 0.25) is 5.91 Å². The Labute approximate surface area is 133 Å². The predicted molar refractivity (Wildman–Crippen MR) is 84.6 cm³/mol. The largest absolute Gasteiger partial charge is 0.494 e. The van der Waals surface area contributed by atoms with Crippen molar-refractivity contribution in [2.75, 3.05) is 11.9 Å². The summed E-state index contributed by atoms with van der Waals surface area (Å²) < 4.78 is 6.75. The van der Waals surface area contributed by atoms with Crippen molar-refractivity contribution in [2.45, 2.75) is 26.8 Å². The van der Waals surface area contributed by atoms with Crippen molar-refractivity contribution in [3.05, 3.63) is 46.3 Å². The number of benzene rings is 1. The molecule has 2 aromatic rings. The molecule has 0 saturated carbocycles. The molecule has 2 rings (SSSR count). The molecule has 0 aliphatic heterocycles. The van der Waals surface area contributed by atoms with Gasteiger partial charge in [-0.05, 0) is 39.0 Å². The number of ether oxygens (including phenoxy) is 1. The minimum absolute atomic E-state index is 0.124. The van der Waals surface area contributed by atoms with Crippen molar-refractivity contribution in [3.8, 4) is 5.75 Å². The first kappa shape index (κ1) is 16.5. The van der Waals surface area contributed by atoms with Gasteiger partial charge in [-0.25, -0.2) is 0 Å². The Morgan fingerprint density at radius 3 is 2.78 bits per heavy atom. The zero-order chi connectivity index (χ0) is 17.0. The van der Waals surface area contributed by atoms with Crippen LogP contribution in [0.15, 0.2) is 30.5 Å². The van der Waals surface area contributed by atoms with Crippen molar-refractivity contribution in [1.82, 2.24) is 9.78 Å². The van der Waals surface area contributed by atoms with Crippen LogP contribution in [-0.2, 0) is 4.79 Å². The molecule has 1 amide bonds. The number of nitro benzene ring substituents is 1. The molecular formula is C15H18N4O4. The summed E-state index contributed by atoms with van der Waals surface area (Å²) in [6.45, 7) is 5.68. The number of hydrogen-bond donors (Lipinski definition) is 1. The van der Waals surface area contributed by atoms with Crippen LogP contribution in [0.5, 0.6) is 5.75 Å². The maximum absolute atomic E-state index is 12.3. The number of nitrogens with one attached hydrogen (secondary N) is 1. The van der Waals surface area contributed by atoms with E-state index in [-0.39, 0.29) is 17.3 Å². The first-order valence-corrected chi connectivity index (χ1v) is 7.16. The molecule has 1 N–H and O–H groups in total. The van der Waals surface area contributed by atoms with Crippen LogP contribution >= 0.6 is 0 Å². The SMILES string of the molecule is CCOc1ccc(NC(=O)C(C)n2ccc(C)n2)c([N+](=O)[O-])c1. The quantitative estimate of drug-likeness (QED) is 0.652. The molecule has 1 heterocycles. The molecule has 1 aromatic heterocycles. The second kappa shape index (κ2) is 6.91. The summed E-state index contributed by atoms with van der Waals surface area (Å²) in [6.07, 6.45) is 1.69. The third-order valence-electron chi connectivity index (χ3n) is 3.25. The zero-order valence-corrected chi connectivity index (χ0v) is 13.1. The Balaban J connectivity index is 2.21. The average Bonchev–Trinajstić information content (AvgIpc) is 2.94. The van der Waals surface area contributed by atoms with Crippen molar-refractivity contribution in [3.63, 3.8) is 0 Å². The number of hydrogen-bond acceptors (Lipinski definition) is 5. The fourth-order valence-corrected chi connectivity index (χ4v) is 2.03. The highest BCUT2D eigenvalue weighted by atomic mass is 16.6. The molecule has 0 bridgehead atoms. The average molecular weight is 318 g/mol. The fourth-order valence-electron chi connectivity index (χ4n) is 2.03. The van der Waals surface area contributed by atoms with Crippen molar-refractivity contribution >= 4 is 17.3 Å². The zero-order valence-electron chi connectivity index (χ0n) is 13.1. The van der Waals surface area contributed by atoms with Crippen molar-refractivity contribution in [2.24, 2.45) is 0 Å². The monoisotopic (exact) mass is 318 g/mol. The van der Waals surface area contributed by atoms with Crippen LogP contribution < -0.4 is 10.1 Å². The number of nitro groups is 1. The van der Waals surface area contributed by atoms with Gasteiger partial charge in [-0.2, -0.15) is 5.10 Å². The first-order chi connectivity index (χ1) is 10.9. The first-order valence-electron chi connectivity index (χ1n) is 7.16. The van der Waals surface area contributed by atoms with Crippen LogP contribution in [0.4, 0.5) is 11.4 Å². The lowest BCUT2D eigenvalue weighted by atomic mass is 10.2. The summed E-state index contributed by atoms with van der Waals surface area (Å²) in [5.74, 6) is -0.00620. The number of carbonyl (C=O) groups is 1. The maximum atomic E-state index is 12.3. The highest BCUT2D eigenvalue weighted by molar-refractivity contribution is 5.95. The molecule has 1 unspecified atom stereocenters. The third kappa shape index (κ3) is 3.85. The van der Waals surface area contributed by atoms with E-state index >= 15 is 0 Å². The number of rotatable bonds is 6. The molecule has 0 spiro atoms. The van der Waals surface area contributed by atoms with Gasteiger partial charge in [-0.3, -0.25) is 19.6 Å². The number of aromatic nitrogens is 2. The van der Waals surface area contributed by atoms with Crippen LogP contribution in [0, 0.1) is 17.0 Å². The van der Waals surface area contributed by atoms with Gasteiger partial charge >= 0.3 is 0 Å². The summed E-state index contributed by atoms with van der Waals surface area (Å²) in [5, 5.41) is 17.9. The molecule has 8 nitrogen and oxygen atoms in total. The Morgan fingerprint density at radius 2 is 2.22 bits per heavy atom. The number of nitrogens with zero attached hydrogens (tertiary/aromatic N) is 3. The Hall–Kier alpha value is -2.90. The molecule has 1 aromatic carbocycles. The summed E-state index contributed by atoms with van der Waals surface area (Å²) >= 11 is 0. The van der Waals surface area contributed by atoms with Gasteiger partial charge in [-0.15, -0.1) is 0 Å². The molecular weight excluding hydrogens is 300 g/mol. The van der Waals surface area contributed by atoms with Crippen LogP contribution in [0.2, 0.25) is 0 Å². The highest BCUT2D eigenvalue weighted by Gasteiger charge is 2.21. The normalized spacial score (nSPS) is 11.8. The van der Waals surface area contributed by atoms with E-state index in [1.807, 2.05) is 6.92 Å². The van der Waals surface area contributed by atoms with Crippen LogP contribution in [0.25, 0.3) is 0 Å². The summed E-state index contributed by atoms with van der Waals surface area (Å²) in [4.78, 5) is 22.9. The van der Waals surface area contributed by atoms with Gasteiger partial charge in [-0.1, -0.05) is 0 Å². The summed E-state index contributed by atoms with van der Waals surface area (Å²) in [6, 6.07) is 5.52. The minimum Gasteiger partial charge on any atom is -0.494 e. The topological polar surface area (TPSA) is 99.3 Å². The van der Waals surface area contributed by atoms with Gasteiger partial charge in [0.25, 0.3) is 5.69 Å². The van der Waals surface area contributed by atoms with Crippen molar-refractivity contribution < 1.29 is 14.5 Å². The van der Waals surface area contributed by atoms with E-state index in [1.54, 1.807) is 32.2 Å². The van der Waals surface area contributed by atoms with E-state index in [2.05, 4.69) is 10.4 Å². The number of carbonyl (C=O) groups excluding carboxylic acids is 1. The van der Waals surface area contributed by atoms with Crippen LogP contribution in [0.3, 0.4) is 0 Å². The predicted octanol–water partition coefficient (Wildman–Crippen LogP) is 2.70. The van der Waals surface area contributed by atoms with E-state index in [1.165, 1.54) is 16.8 Å². The highest BCUT2D eigenvalue weighted by Crippen LogP contribution is 2.29. The van der Waals surface area contributed by atoms with E-state index in [0.29, 0.717) is 12.4 Å². The fraction of sp³-hybridized carbons (Fsp3) is 0.333. The molecule has 0 aliphatic rings. The Bertz CT molecular complexity index is 726. The lowest BCUT2D eigenvalue weighted by Crippen LogP contribution is -2.24. The van der Waals surface area contributed by atoms with Gasteiger partial charge in [0.15, 0.2) is 0 Å². The molecule has 8 heteroatoms. The van der Waals surface area contributed by atoms with Crippen LogP contribution in [0.1, 0.15) is 25.6 Å². The maximum Gasteiger partial charge on any atom is 0.296 e. The van der Waals surface area contributed by atoms with Gasteiger partial charge in [0.1, 0.15) is 17.5 Å². The lowest BCUT2D eigenvalue weighted by Gasteiger charge is -2.13. The van der Waals surface area contributed by atoms with E-state index < -0.39 is 11.0 Å². The Kier molecular flexibility index (Phi) is 4.95. The molecule has 23 heavy (non-hydrogen) atoms. The number of anilines is 1. The molecule has 0 saturated heterocycles. The minimum atomic E-state index is -0.588. The summed E-state index contributed by atoms with van der Waals surface area (Å²) in [7, 11) is 0. The number of amides is 1. The lowest BCUT2D eigenvalue weighted by molar-refractivity contribution is -0.384. The smallest absolute Gasteiger partial charge is 0.296 e. The Morgan fingerprint density at radius 1 is 1.48 bits per heavy atom. The second-order valence-corrected chi connectivity index (χ2v) is 4.97. The number of aryl methyl sites for hydroxylation is 1. The molecule has 1 atom stereocenters. The summed E-state index contributed by atoms with van der Waals surface area (Å²) in [5.41, 5.74) is 0.698. The van der Waals surface area contributed by atoms with Crippen LogP contribution in [-0.4, -0.2) is 27.2 Å². The van der Waals surface area contributed by atoms with Gasteiger partial charge < -0.3 is 10.1 Å². The molecule has 0 radical (unpaired) electrons. The van der Waals surface area contributed by atoms with E-state index in [4.69, 9.17) is 4.74 Å². The second-order valence-electron chi connectivity index (χ2n) is 4.97. The third-order valence-corrected chi connectivity index (χ3v) is 3.25. The van der Waals surface area contributed by atoms with E-state index in [0.717, 1.165) is 5.69 Å². The van der Waals surface area contributed by atoms with Gasteiger partial charge in [0.05, 0.1) is 23.3 Å². The standard InChI is InChI=1S/C15H18N4O4/c1-4-23-12-5-6-13(14(9-12)19(21)22)16-15(20)11(3)18-8-7-10(2)17-18/h5-9,11H,4H2,1-3H3,(H,16,20). The molecule has 122 valence electrons. The van der Waals surface area contributed by atoms with E-state index in [9.17, 15) is 14.9 Å². The molecule has 0 aliphatic carbocycles. The van der Waals surface area contributed by atoms with Gasteiger partial charge in [0, 0.05) is 6.20 Å².